The number of hydrogen-bond donors (Lipinski definition) is 2. The molecule has 3 atom stereocenters. The van der Waals surface area contributed by atoms with Crippen LogP contribution < -0.4 is 5.32 Å². The van der Waals surface area contributed by atoms with Crippen LogP contribution in [0, 0.1) is 11.7 Å². The molecular weight excluding hydrogens is 269 g/mol. The summed E-state index contributed by atoms with van der Waals surface area (Å²) in [4.78, 5) is 6.51. The molecule has 2 N–H and O–H groups in total. The van der Waals surface area contributed by atoms with Gasteiger partial charge in [-0.1, -0.05) is 13.8 Å². The molecule has 2 heterocycles. The van der Waals surface area contributed by atoms with Crippen molar-refractivity contribution in [2.24, 2.45) is 5.92 Å². The summed E-state index contributed by atoms with van der Waals surface area (Å²) in [6.45, 7) is 9.50. The summed E-state index contributed by atoms with van der Waals surface area (Å²) in [6, 6.07) is 3.31. The third kappa shape index (κ3) is 4.46. The summed E-state index contributed by atoms with van der Waals surface area (Å²) in [6.07, 6.45) is 2.09. The average Bonchev–Trinajstić information content (AvgIpc) is 2.76. The molecule has 118 valence electrons. The van der Waals surface area contributed by atoms with E-state index in [0.29, 0.717) is 12.5 Å². The van der Waals surface area contributed by atoms with Gasteiger partial charge in [-0.15, -0.1) is 0 Å². The second-order valence-corrected chi connectivity index (χ2v) is 6.40. The van der Waals surface area contributed by atoms with Crippen LogP contribution in [0.25, 0.3) is 0 Å². The molecule has 0 aliphatic carbocycles. The number of halogens is 1. The lowest BCUT2D eigenvalue weighted by molar-refractivity contribution is 0.0660. The Morgan fingerprint density at radius 2 is 2.29 bits per heavy atom. The van der Waals surface area contributed by atoms with E-state index in [1.165, 1.54) is 12.3 Å². The molecule has 21 heavy (non-hydrogen) atoms. The van der Waals surface area contributed by atoms with Gasteiger partial charge in [-0.2, -0.15) is 0 Å². The first-order valence-electron chi connectivity index (χ1n) is 7.71. The van der Waals surface area contributed by atoms with Gasteiger partial charge in [0.1, 0.15) is 5.82 Å². The maximum Gasteiger partial charge on any atom is 0.141 e. The van der Waals surface area contributed by atoms with Gasteiger partial charge in [0.2, 0.25) is 0 Å². The van der Waals surface area contributed by atoms with Crippen molar-refractivity contribution in [1.29, 1.82) is 0 Å². The predicted molar refractivity (Wildman–Crippen MR) is 81.5 cm³/mol. The number of nitrogens with zero attached hydrogens (tertiary/aromatic N) is 2. The van der Waals surface area contributed by atoms with Crippen molar-refractivity contribution in [3.05, 3.63) is 29.8 Å². The van der Waals surface area contributed by atoms with Crippen LogP contribution in [0.5, 0.6) is 0 Å². The third-order valence-electron chi connectivity index (χ3n) is 4.14. The van der Waals surface area contributed by atoms with E-state index in [0.717, 1.165) is 31.7 Å². The number of hydrogen-bond acceptors (Lipinski definition) is 4. The summed E-state index contributed by atoms with van der Waals surface area (Å²) in [5, 5.41) is 13.5. The number of pyridine rings is 1. The largest absolute Gasteiger partial charge is 0.389 e. The molecule has 1 aromatic heterocycles. The van der Waals surface area contributed by atoms with E-state index in [9.17, 15) is 9.50 Å². The first-order chi connectivity index (χ1) is 9.91. The van der Waals surface area contributed by atoms with E-state index in [1.54, 1.807) is 6.07 Å². The Morgan fingerprint density at radius 1 is 1.52 bits per heavy atom. The number of β-amino-alcohol motifs (C(OH)–C–C–N with tert-alkyl or cyclic N) is 1. The molecule has 1 fully saturated rings. The van der Waals surface area contributed by atoms with Crippen LogP contribution in [-0.4, -0.2) is 46.8 Å². The van der Waals surface area contributed by atoms with Gasteiger partial charge in [0, 0.05) is 19.6 Å². The highest BCUT2D eigenvalue weighted by Gasteiger charge is 2.33. The fourth-order valence-electron chi connectivity index (χ4n) is 3.10. The molecule has 5 heteroatoms. The van der Waals surface area contributed by atoms with Crippen LogP contribution in [0.4, 0.5) is 4.39 Å². The zero-order valence-electron chi connectivity index (χ0n) is 13.1. The fourth-order valence-corrected chi connectivity index (χ4v) is 3.10. The van der Waals surface area contributed by atoms with Crippen LogP contribution in [0.1, 0.15) is 38.9 Å². The first kappa shape index (κ1) is 16.3. The minimum Gasteiger partial charge on any atom is -0.389 e. The molecule has 0 saturated carbocycles. The molecule has 1 aliphatic rings. The smallest absolute Gasteiger partial charge is 0.141 e. The monoisotopic (exact) mass is 295 g/mol. The Morgan fingerprint density at radius 3 is 2.81 bits per heavy atom. The van der Waals surface area contributed by atoms with Crippen molar-refractivity contribution in [2.75, 3.05) is 26.2 Å². The van der Waals surface area contributed by atoms with Gasteiger partial charge < -0.3 is 15.3 Å². The van der Waals surface area contributed by atoms with Crippen LogP contribution in [0.2, 0.25) is 0 Å². The standard InChI is InChI=1S/C16H26FN3O/c1-4-18-15(14-6-5-13(17)9-19-14)12(2)10-20-8-7-16(3,21)11-20/h5-6,9,12,15,18,21H,4,7-8,10-11H2,1-3H3. The fraction of sp³-hybridized carbons (Fsp3) is 0.688. The summed E-state index contributed by atoms with van der Waals surface area (Å²) in [5.74, 6) is 0.0223. The molecule has 3 unspecified atom stereocenters. The Kier molecular flexibility index (Phi) is 5.30. The summed E-state index contributed by atoms with van der Waals surface area (Å²) < 4.78 is 13.0. The third-order valence-corrected chi connectivity index (χ3v) is 4.14. The lowest BCUT2D eigenvalue weighted by atomic mass is 9.97. The number of aromatic nitrogens is 1. The van der Waals surface area contributed by atoms with Gasteiger partial charge >= 0.3 is 0 Å². The van der Waals surface area contributed by atoms with Gasteiger partial charge in [0.25, 0.3) is 0 Å². The van der Waals surface area contributed by atoms with E-state index in [-0.39, 0.29) is 11.9 Å². The van der Waals surface area contributed by atoms with Crippen molar-refractivity contribution in [3.8, 4) is 0 Å². The van der Waals surface area contributed by atoms with E-state index >= 15 is 0 Å². The Hall–Kier alpha value is -1.04. The molecular formula is C16H26FN3O. The zero-order valence-corrected chi connectivity index (χ0v) is 13.1. The number of aliphatic hydroxyl groups is 1. The van der Waals surface area contributed by atoms with E-state index in [4.69, 9.17) is 0 Å². The molecule has 1 aromatic rings. The second kappa shape index (κ2) is 6.81. The van der Waals surface area contributed by atoms with Crippen molar-refractivity contribution in [2.45, 2.75) is 38.8 Å². The minimum atomic E-state index is -0.568. The number of likely N-dealkylation sites (tertiary alicyclic amines) is 1. The zero-order chi connectivity index (χ0) is 15.5. The van der Waals surface area contributed by atoms with Crippen LogP contribution in [-0.2, 0) is 0 Å². The molecule has 0 aromatic carbocycles. The van der Waals surface area contributed by atoms with Crippen molar-refractivity contribution >= 4 is 0 Å². The molecule has 0 radical (unpaired) electrons. The van der Waals surface area contributed by atoms with Crippen LogP contribution in [0.15, 0.2) is 18.3 Å². The topological polar surface area (TPSA) is 48.4 Å². The summed E-state index contributed by atoms with van der Waals surface area (Å²) >= 11 is 0. The summed E-state index contributed by atoms with van der Waals surface area (Å²) in [5.41, 5.74) is 0.304. The lowest BCUT2D eigenvalue weighted by Gasteiger charge is -2.28. The maximum atomic E-state index is 13.0. The molecule has 0 amide bonds. The van der Waals surface area contributed by atoms with Crippen LogP contribution in [0.3, 0.4) is 0 Å². The summed E-state index contributed by atoms with van der Waals surface area (Å²) in [7, 11) is 0. The van der Waals surface area contributed by atoms with Crippen LogP contribution >= 0.6 is 0 Å². The van der Waals surface area contributed by atoms with Crippen molar-refractivity contribution in [3.63, 3.8) is 0 Å². The first-order valence-corrected chi connectivity index (χ1v) is 7.71. The van der Waals surface area contributed by atoms with Crippen molar-refractivity contribution < 1.29 is 9.50 Å². The maximum absolute atomic E-state index is 13.0. The highest BCUT2D eigenvalue weighted by Crippen LogP contribution is 2.26. The Bertz CT molecular complexity index is 449. The molecule has 0 bridgehead atoms. The van der Waals surface area contributed by atoms with E-state index < -0.39 is 5.60 Å². The second-order valence-electron chi connectivity index (χ2n) is 6.40. The quantitative estimate of drug-likeness (QED) is 0.842. The lowest BCUT2D eigenvalue weighted by Crippen LogP contribution is -2.37. The molecule has 1 saturated heterocycles. The van der Waals surface area contributed by atoms with E-state index in [1.807, 2.05) is 6.92 Å². The molecule has 1 aliphatic heterocycles. The van der Waals surface area contributed by atoms with Crippen molar-refractivity contribution in [1.82, 2.24) is 15.2 Å². The Balaban J connectivity index is 2.02. The number of nitrogens with one attached hydrogen (secondary N) is 1. The molecule has 2 rings (SSSR count). The Labute approximate surface area is 126 Å². The SMILES string of the molecule is CCNC(c1ccc(F)cn1)C(C)CN1CCC(C)(O)C1. The van der Waals surface area contributed by atoms with Gasteiger partial charge in [-0.25, -0.2) is 4.39 Å². The predicted octanol–water partition coefficient (Wildman–Crippen LogP) is 1.96. The molecule has 0 spiro atoms. The minimum absolute atomic E-state index is 0.0983. The van der Waals surface area contributed by atoms with Gasteiger partial charge in [0.15, 0.2) is 0 Å². The number of rotatable bonds is 6. The molecule has 4 nitrogen and oxygen atoms in total. The van der Waals surface area contributed by atoms with Gasteiger partial charge in [0.05, 0.1) is 23.5 Å². The normalized spacial score (nSPS) is 26.0. The average molecular weight is 295 g/mol. The highest BCUT2D eigenvalue weighted by molar-refractivity contribution is 5.11. The highest BCUT2D eigenvalue weighted by atomic mass is 19.1. The van der Waals surface area contributed by atoms with E-state index in [2.05, 4.69) is 29.0 Å². The van der Waals surface area contributed by atoms with Gasteiger partial charge in [-0.05, 0) is 37.9 Å². The van der Waals surface area contributed by atoms with Gasteiger partial charge in [-0.3, -0.25) is 4.98 Å².